The number of nitrogens with one attached hydrogen (secondary N) is 5. The zero-order valence-electron chi connectivity index (χ0n) is 26.4. The molecule has 260 valence electrons. The molecule has 0 aliphatic rings. The summed E-state index contributed by atoms with van der Waals surface area (Å²) in [7, 11) is 0. The number of nitrogens with two attached hydrogens (primary N) is 3. The third-order valence-corrected chi connectivity index (χ3v) is 6.44. The molecule has 4 atom stereocenters. The summed E-state index contributed by atoms with van der Waals surface area (Å²) in [5.74, 6) is -7.04. The number of carboxylic acid groups (broad SMARTS) is 2. The van der Waals surface area contributed by atoms with Crippen LogP contribution in [-0.2, 0) is 40.0 Å². The summed E-state index contributed by atoms with van der Waals surface area (Å²) >= 11 is 0. The van der Waals surface area contributed by atoms with E-state index in [4.69, 9.17) is 17.2 Å². The van der Waals surface area contributed by atoms with E-state index in [0.29, 0.717) is 12.0 Å². The van der Waals surface area contributed by atoms with Crippen molar-refractivity contribution in [1.82, 2.24) is 26.6 Å². The van der Waals surface area contributed by atoms with Crippen molar-refractivity contribution in [3.05, 3.63) is 35.9 Å². The molecule has 18 nitrogen and oxygen atoms in total. The number of hydrogen-bond donors (Lipinski definition) is 10. The van der Waals surface area contributed by atoms with Crippen LogP contribution in [-0.4, -0.2) is 101 Å². The molecule has 18 heteroatoms. The number of rotatable bonds is 21. The molecule has 13 N–H and O–H groups in total. The summed E-state index contributed by atoms with van der Waals surface area (Å²) < 4.78 is 0. The first-order chi connectivity index (χ1) is 22.1. The molecule has 0 fully saturated rings. The first-order valence-electron chi connectivity index (χ1n) is 14.8. The van der Waals surface area contributed by atoms with Gasteiger partial charge in [0.25, 0.3) is 0 Å². The second-order valence-electron chi connectivity index (χ2n) is 11.0. The summed E-state index contributed by atoms with van der Waals surface area (Å²) in [6.07, 6.45) is -0.0779. The number of guanidine groups is 1. The molecular formula is C29H45N9O9. The summed E-state index contributed by atoms with van der Waals surface area (Å²) in [6, 6.07) is 3.65. The maximum absolute atomic E-state index is 13.0. The second-order valence-corrected chi connectivity index (χ2v) is 11.0. The zero-order chi connectivity index (χ0) is 35.5. The first kappa shape index (κ1) is 39.8. The van der Waals surface area contributed by atoms with E-state index in [2.05, 4.69) is 31.6 Å². The minimum atomic E-state index is -1.61. The van der Waals surface area contributed by atoms with Crippen molar-refractivity contribution in [2.45, 2.75) is 70.1 Å². The lowest BCUT2D eigenvalue weighted by Crippen LogP contribution is -2.55. The molecule has 0 spiro atoms. The predicted octanol–water partition coefficient (Wildman–Crippen LogP) is -3.10. The lowest BCUT2D eigenvalue weighted by Gasteiger charge is -2.23. The molecule has 0 aliphatic carbocycles. The van der Waals surface area contributed by atoms with Crippen LogP contribution in [0.5, 0.6) is 0 Å². The number of benzene rings is 1. The van der Waals surface area contributed by atoms with Gasteiger partial charge in [-0.25, -0.2) is 4.79 Å². The SMILES string of the molecule is CC(C)C[C@H](NC(=O)CNC(=O)[C@H](CC(=O)O)NC(=O)CNC(=O)[C@@H](N)CCCN=C(N)N)C(=O)N[C@@H](Cc1ccccc1)C(=O)O. The molecular weight excluding hydrogens is 618 g/mol. The molecule has 0 saturated carbocycles. The standard InChI is InChI=1S/C29H45N9O9/c1-16(2)11-19(27(45)38-21(28(46)47)12-17-7-4-3-5-8-17)36-23(40)15-35-26(44)20(13-24(41)42)37-22(39)14-34-25(43)18(30)9-6-10-33-29(31)32/h3-5,7-8,16,18-21H,6,9-15,30H2,1-2H3,(H,34,43)(H,35,44)(H,36,40)(H,37,39)(H,38,45)(H,41,42)(H,46,47)(H4,31,32,33)/t18-,19-,20-,21-/m0/s1. The minimum absolute atomic E-state index is 0.00812. The molecule has 0 heterocycles. The Morgan fingerprint density at radius 3 is 1.89 bits per heavy atom. The maximum atomic E-state index is 13.0. The Hall–Kier alpha value is -5.26. The van der Waals surface area contributed by atoms with Crippen LogP contribution >= 0.6 is 0 Å². The van der Waals surface area contributed by atoms with Crippen molar-refractivity contribution in [3.8, 4) is 0 Å². The normalized spacial score (nSPS) is 13.2. The van der Waals surface area contributed by atoms with Crippen LogP contribution in [0.4, 0.5) is 0 Å². The lowest BCUT2D eigenvalue weighted by atomic mass is 10.0. The second kappa shape index (κ2) is 20.7. The highest BCUT2D eigenvalue weighted by atomic mass is 16.4. The van der Waals surface area contributed by atoms with E-state index in [1.54, 1.807) is 44.2 Å². The van der Waals surface area contributed by atoms with E-state index >= 15 is 0 Å². The Labute approximate surface area is 271 Å². The van der Waals surface area contributed by atoms with Crippen LogP contribution in [0.15, 0.2) is 35.3 Å². The monoisotopic (exact) mass is 663 g/mol. The largest absolute Gasteiger partial charge is 0.481 e. The molecule has 0 radical (unpaired) electrons. The van der Waals surface area contributed by atoms with Gasteiger partial charge < -0.3 is 54.0 Å². The quantitative estimate of drug-likeness (QED) is 0.0355. The average molecular weight is 664 g/mol. The van der Waals surface area contributed by atoms with Crippen LogP contribution in [0.2, 0.25) is 0 Å². The molecule has 0 aromatic heterocycles. The topological polar surface area (TPSA) is 311 Å². The molecule has 0 unspecified atom stereocenters. The van der Waals surface area contributed by atoms with Gasteiger partial charge in [0.05, 0.1) is 25.6 Å². The smallest absolute Gasteiger partial charge is 0.326 e. The van der Waals surface area contributed by atoms with Gasteiger partial charge in [-0.15, -0.1) is 0 Å². The van der Waals surface area contributed by atoms with Crippen molar-refractivity contribution in [2.24, 2.45) is 28.1 Å². The van der Waals surface area contributed by atoms with E-state index in [1.807, 2.05) is 0 Å². The van der Waals surface area contributed by atoms with Gasteiger partial charge in [-0.2, -0.15) is 0 Å². The van der Waals surface area contributed by atoms with Gasteiger partial charge in [-0.05, 0) is 30.7 Å². The molecule has 0 saturated heterocycles. The Bertz CT molecular complexity index is 1270. The Kier molecular flexibility index (Phi) is 17.5. The van der Waals surface area contributed by atoms with Crippen molar-refractivity contribution in [1.29, 1.82) is 0 Å². The Morgan fingerprint density at radius 1 is 0.787 bits per heavy atom. The van der Waals surface area contributed by atoms with Crippen molar-refractivity contribution in [2.75, 3.05) is 19.6 Å². The molecule has 1 aromatic carbocycles. The average Bonchev–Trinajstić information content (AvgIpc) is 2.99. The Morgan fingerprint density at radius 2 is 1.36 bits per heavy atom. The van der Waals surface area contributed by atoms with Gasteiger partial charge in [0.2, 0.25) is 29.5 Å². The van der Waals surface area contributed by atoms with Gasteiger partial charge in [0, 0.05) is 13.0 Å². The number of hydrogen-bond acceptors (Lipinski definition) is 9. The first-order valence-corrected chi connectivity index (χ1v) is 14.8. The van der Waals surface area contributed by atoms with Gasteiger partial charge in [0.15, 0.2) is 5.96 Å². The number of carboxylic acids is 2. The minimum Gasteiger partial charge on any atom is -0.481 e. The van der Waals surface area contributed by atoms with Crippen LogP contribution < -0.4 is 43.8 Å². The Balaban J connectivity index is 2.73. The third kappa shape index (κ3) is 17.1. The predicted molar refractivity (Wildman–Crippen MR) is 169 cm³/mol. The van der Waals surface area contributed by atoms with Crippen LogP contribution in [0.3, 0.4) is 0 Å². The highest BCUT2D eigenvalue weighted by molar-refractivity contribution is 5.95. The van der Waals surface area contributed by atoms with Crippen LogP contribution in [0.25, 0.3) is 0 Å². The van der Waals surface area contributed by atoms with E-state index in [-0.39, 0.29) is 37.7 Å². The van der Waals surface area contributed by atoms with E-state index in [9.17, 15) is 43.8 Å². The molecule has 5 amide bonds. The number of aliphatic imine (C=N–C) groups is 1. The number of amides is 5. The van der Waals surface area contributed by atoms with Gasteiger partial charge >= 0.3 is 11.9 Å². The van der Waals surface area contributed by atoms with E-state index < -0.39 is 85.2 Å². The lowest BCUT2D eigenvalue weighted by molar-refractivity contribution is -0.142. The fourth-order valence-corrected chi connectivity index (χ4v) is 4.14. The maximum Gasteiger partial charge on any atom is 0.326 e. The van der Waals surface area contributed by atoms with E-state index in [1.165, 1.54) is 0 Å². The van der Waals surface area contributed by atoms with Gasteiger partial charge in [-0.1, -0.05) is 44.2 Å². The molecule has 1 aromatic rings. The van der Waals surface area contributed by atoms with Crippen molar-refractivity contribution in [3.63, 3.8) is 0 Å². The molecule has 1 rings (SSSR count). The van der Waals surface area contributed by atoms with Gasteiger partial charge in [0.1, 0.15) is 18.1 Å². The highest BCUT2D eigenvalue weighted by Gasteiger charge is 2.29. The number of nitrogens with zero attached hydrogens (tertiary/aromatic N) is 1. The fourth-order valence-electron chi connectivity index (χ4n) is 4.14. The van der Waals surface area contributed by atoms with Crippen LogP contribution in [0, 0.1) is 5.92 Å². The molecule has 0 bridgehead atoms. The number of carbonyl (C=O) groups excluding carboxylic acids is 5. The van der Waals surface area contributed by atoms with Crippen molar-refractivity contribution >= 4 is 47.4 Å². The van der Waals surface area contributed by atoms with Crippen LogP contribution in [0.1, 0.15) is 45.1 Å². The fraction of sp³-hybridized carbons (Fsp3) is 0.517. The highest BCUT2D eigenvalue weighted by Crippen LogP contribution is 2.08. The summed E-state index contributed by atoms with van der Waals surface area (Å²) in [4.78, 5) is 89.8. The third-order valence-electron chi connectivity index (χ3n) is 6.44. The number of aliphatic carboxylic acids is 2. The van der Waals surface area contributed by atoms with Gasteiger partial charge in [-0.3, -0.25) is 33.8 Å². The number of carbonyl (C=O) groups is 7. The molecule has 47 heavy (non-hydrogen) atoms. The zero-order valence-corrected chi connectivity index (χ0v) is 26.4. The summed E-state index contributed by atoms with van der Waals surface area (Å²) in [5.41, 5.74) is 16.9. The summed E-state index contributed by atoms with van der Waals surface area (Å²) in [5, 5.41) is 30.4. The van der Waals surface area contributed by atoms with E-state index in [0.717, 1.165) is 0 Å². The van der Waals surface area contributed by atoms with Crippen molar-refractivity contribution < 1.29 is 43.8 Å². The summed E-state index contributed by atoms with van der Waals surface area (Å²) in [6.45, 7) is 2.52. The molecule has 0 aliphatic heterocycles.